The third-order valence-electron chi connectivity index (χ3n) is 3.85. The monoisotopic (exact) mass is 330 g/mol. The maximum Gasteiger partial charge on any atom is 0.261 e. The van der Waals surface area contributed by atoms with Gasteiger partial charge in [-0.15, -0.1) is 0 Å². The van der Waals surface area contributed by atoms with E-state index < -0.39 is 0 Å². The maximum absolute atomic E-state index is 12.5. The van der Waals surface area contributed by atoms with E-state index in [-0.39, 0.29) is 41.9 Å². The number of aliphatic imine (C=N–C) groups is 2. The minimum absolute atomic E-state index is 0.0952. The van der Waals surface area contributed by atoms with Gasteiger partial charge in [0.05, 0.1) is 29.5 Å². The fourth-order valence-corrected chi connectivity index (χ4v) is 2.80. The van der Waals surface area contributed by atoms with Crippen LogP contribution < -0.4 is 17.2 Å². The van der Waals surface area contributed by atoms with Gasteiger partial charge < -0.3 is 21.9 Å². The number of hydrogen-bond acceptors (Lipinski definition) is 4. The van der Waals surface area contributed by atoms with E-state index in [1.54, 1.807) is 12.1 Å². The molecule has 0 aliphatic carbocycles. The first kappa shape index (κ1) is 15.9. The molecule has 0 spiro atoms. The number of benzene rings is 1. The summed E-state index contributed by atoms with van der Waals surface area (Å²) in [6.07, 6.45) is 1.69. The van der Waals surface area contributed by atoms with Crippen LogP contribution in [0.25, 0.3) is 0 Å². The first-order chi connectivity index (χ1) is 11.5. The molecule has 2 aliphatic rings. The SMILES string of the molecule is NC(N)=NC(N)=Nc1ccc2c(c1)C(=O)N(CC1CCCO1)C2=O. The predicted octanol–water partition coefficient (Wildman–Crippen LogP) is -0.319. The van der Waals surface area contributed by atoms with E-state index >= 15 is 0 Å². The summed E-state index contributed by atoms with van der Waals surface area (Å²) in [6.45, 7) is 0.928. The average Bonchev–Trinajstić information content (AvgIpc) is 3.10. The summed E-state index contributed by atoms with van der Waals surface area (Å²) in [6, 6.07) is 4.63. The van der Waals surface area contributed by atoms with Crippen LogP contribution in [0.1, 0.15) is 33.6 Å². The smallest absolute Gasteiger partial charge is 0.261 e. The number of ether oxygens (including phenoxy) is 1. The number of carbonyl (C=O) groups is 2. The van der Waals surface area contributed by atoms with Gasteiger partial charge in [0.2, 0.25) is 5.96 Å². The van der Waals surface area contributed by atoms with Crippen molar-refractivity contribution >= 4 is 29.4 Å². The Morgan fingerprint density at radius 3 is 2.62 bits per heavy atom. The maximum atomic E-state index is 12.5. The minimum Gasteiger partial charge on any atom is -0.376 e. The number of fused-ring (bicyclic) bond motifs is 1. The number of nitrogens with zero attached hydrogens (tertiary/aromatic N) is 3. The van der Waals surface area contributed by atoms with Gasteiger partial charge in [-0.25, -0.2) is 4.99 Å². The average molecular weight is 330 g/mol. The molecule has 1 aromatic rings. The molecule has 9 heteroatoms. The molecule has 0 bridgehead atoms. The Morgan fingerprint density at radius 2 is 1.96 bits per heavy atom. The summed E-state index contributed by atoms with van der Waals surface area (Å²) in [7, 11) is 0. The van der Waals surface area contributed by atoms with Gasteiger partial charge >= 0.3 is 0 Å². The van der Waals surface area contributed by atoms with Crippen LogP contribution in [-0.4, -0.2) is 47.9 Å². The first-order valence-corrected chi connectivity index (χ1v) is 7.51. The van der Waals surface area contributed by atoms with Gasteiger partial charge in [0.15, 0.2) is 5.96 Å². The van der Waals surface area contributed by atoms with Crippen LogP contribution in [0.2, 0.25) is 0 Å². The molecule has 0 radical (unpaired) electrons. The molecule has 2 aliphatic heterocycles. The second-order valence-corrected chi connectivity index (χ2v) is 5.59. The quantitative estimate of drug-likeness (QED) is 0.393. The van der Waals surface area contributed by atoms with Crippen LogP contribution in [0, 0.1) is 0 Å². The van der Waals surface area contributed by atoms with E-state index in [2.05, 4.69) is 9.98 Å². The molecule has 2 heterocycles. The zero-order valence-corrected chi connectivity index (χ0v) is 12.9. The van der Waals surface area contributed by atoms with Crippen molar-refractivity contribution in [3.63, 3.8) is 0 Å². The number of nitrogens with two attached hydrogens (primary N) is 3. The number of amides is 2. The Bertz CT molecular complexity index is 748. The third-order valence-corrected chi connectivity index (χ3v) is 3.85. The van der Waals surface area contributed by atoms with E-state index in [1.165, 1.54) is 11.0 Å². The lowest BCUT2D eigenvalue weighted by Gasteiger charge is -2.17. The van der Waals surface area contributed by atoms with Crippen LogP contribution in [0.15, 0.2) is 28.2 Å². The Balaban J connectivity index is 1.84. The second-order valence-electron chi connectivity index (χ2n) is 5.59. The summed E-state index contributed by atoms with van der Waals surface area (Å²) >= 11 is 0. The summed E-state index contributed by atoms with van der Waals surface area (Å²) < 4.78 is 5.50. The lowest BCUT2D eigenvalue weighted by Crippen LogP contribution is -2.36. The Kier molecular flexibility index (Phi) is 4.17. The summed E-state index contributed by atoms with van der Waals surface area (Å²) in [5.74, 6) is -1.03. The fraction of sp³-hybridized carbons (Fsp3) is 0.333. The Labute approximate surface area is 138 Å². The van der Waals surface area contributed by atoms with E-state index in [0.717, 1.165) is 12.8 Å². The first-order valence-electron chi connectivity index (χ1n) is 7.51. The molecule has 24 heavy (non-hydrogen) atoms. The Hall–Kier alpha value is -2.94. The number of rotatable bonds is 3. The molecule has 9 nitrogen and oxygen atoms in total. The van der Waals surface area contributed by atoms with Gasteiger partial charge in [-0.2, -0.15) is 4.99 Å². The highest BCUT2D eigenvalue weighted by Gasteiger charge is 2.37. The summed E-state index contributed by atoms with van der Waals surface area (Å²) in [5.41, 5.74) is 17.0. The van der Waals surface area contributed by atoms with Crippen LogP contribution >= 0.6 is 0 Å². The molecule has 1 atom stereocenters. The highest BCUT2D eigenvalue weighted by atomic mass is 16.5. The third kappa shape index (κ3) is 3.06. The van der Waals surface area contributed by atoms with Gasteiger partial charge in [0, 0.05) is 6.61 Å². The zero-order valence-electron chi connectivity index (χ0n) is 12.9. The molecule has 0 saturated carbocycles. The number of guanidine groups is 2. The fourth-order valence-electron chi connectivity index (χ4n) is 2.80. The van der Waals surface area contributed by atoms with Crippen molar-refractivity contribution in [1.29, 1.82) is 0 Å². The van der Waals surface area contributed by atoms with Crippen molar-refractivity contribution in [3.05, 3.63) is 29.3 Å². The van der Waals surface area contributed by atoms with Crippen molar-refractivity contribution in [2.45, 2.75) is 18.9 Å². The van der Waals surface area contributed by atoms with E-state index in [0.29, 0.717) is 17.9 Å². The van der Waals surface area contributed by atoms with E-state index in [1.807, 2.05) is 0 Å². The molecule has 1 unspecified atom stereocenters. The van der Waals surface area contributed by atoms with Crippen LogP contribution in [0.3, 0.4) is 0 Å². The molecule has 1 aromatic carbocycles. The van der Waals surface area contributed by atoms with Crippen molar-refractivity contribution in [2.24, 2.45) is 27.2 Å². The topological polar surface area (TPSA) is 149 Å². The lowest BCUT2D eigenvalue weighted by molar-refractivity contribution is 0.0475. The molecule has 1 fully saturated rings. The summed E-state index contributed by atoms with van der Waals surface area (Å²) in [4.78, 5) is 33.7. The van der Waals surface area contributed by atoms with Gasteiger partial charge in [0.25, 0.3) is 11.8 Å². The molecular formula is C15H18N6O3. The Morgan fingerprint density at radius 1 is 1.21 bits per heavy atom. The molecule has 3 rings (SSSR count). The highest BCUT2D eigenvalue weighted by Crippen LogP contribution is 2.28. The molecule has 0 aromatic heterocycles. The van der Waals surface area contributed by atoms with Gasteiger partial charge in [-0.3, -0.25) is 14.5 Å². The summed E-state index contributed by atoms with van der Waals surface area (Å²) in [5, 5.41) is 0. The van der Waals surface area contributed by atoms with Crippen molar-refractivity contribution in [1.82, 2.24) is 4.90 Å². The number of carbonyl (C=O) groups excluding carboxylic acids is 2. The predicted molar refractivity (Wildman–Crippen MR) is 87.9 cm³/mol. The number of imide groups is 1. The normalized spacial score (nSPS) is 20.4. The van der Waals surface area contributed by atoms with Crippen molar-refractivity contribution in [3.8, 4) is 0 Å². The lowest BCUT2D eigenvalue weighted by atomic mass is 10.1. The van der Waals surface area contributed by atoms with E-state index in [4.69, 9.17) is 21.9 Å². The van der Waals surface area contributed by atoms with Crippen LogP contribution in [0.4, 0.5) is 5.69 Å². The van der Waals surface area contributed by atoms with Gasteiger partial charge in [0.1, 0.15) is 0 Å². The van der Waals surface area contributed by atoms with Crippen molar-refractivity contribution < 1.29 is 14.3 Å². The molecule has 2 amide bonds. The molecule has 1 saturated heterocycles. The standard InChI is InChI=1S/C15H18N6O3/c16-14(17)20-15(18)19-8-3-4-10-11(6-8)13(23)21(12(10)22)7-9-2-1-5-24-9/h3-4,6,9H,1-2,5,7H2,(H6,16,17,18,19,20). The number of hydrogen-bond donors (Lipinski definition) is 3. The molecule has 126 valence electrons. The van der Waals surface area contributed by atoms with Gasteiger partial charge in [-0.1, -0.05) is 0 Å². The molecular weight excluding hydrogens is 312 g/mol. The second kappa shape index (κ2) is 6.28. The van der Waals surface area contributed by atoms with Crippen LogP contribution in [0.5, 0.6) is 0 Å². The van der Waals surface area contributed by atoms with Gasteiger partial charge in [-0.05, 0) is 31.0 Å². The minimum atomic E-state index is -0.358. The van der Waals surface area contributed by atoms with Crippen LogP contribution in [-0.2, 0) is 4.74 Å². The highest BCUT2D eigenvalue weighted by molar-refractivity contribution is 6.21. The zero-order chi connectivity index (χ0) is 17.3. The largest absolute Gasteiger partial charge is 0.376 e. The van der Waals surface area contributed by atoms with E-state index in [9.17, 15) is 9.59 Å². The molecule has 6 N–H and O–H groups in total. The van der Waals surface area contributed by atoms with Crippen molar-refractivity contribution in [2.75, 3.05) is 13.2 Å².